The molecule has 0 aliphatic carbocycles. The third kappa shape index (κ3) is 3.75. The molecule has 0 aliphatic rings. The Kier molecular flexibility index (Phi) is 4.40. The quantitative estimate of drug-likeness (QED) is 0.766. The third-order valence-electron chi connectivity index (χ3n) is 1.82. The van der Waals surface area contributed by atoms with Gasteiger partial charge in [0.25, 0.3) is 0 Å². The van der Waals surface area contributed by atoms with E-state index in [0.29, 0.717) is 6.54 Å². The van der Waals surface area contributed by atoms with E-state index in [2.05, 4.69) is 10.3 Å². The summed E-state index contributed by atoms with van der Waals surface area (Å²) in [6.45, 7) is 2.27. The van der Waals surface area contributed by atoms with Crippen molar-refractivity contribution in [2.75, 3.05) is 6.54 Å². The molecule has 1 atom stereocenters. The number of halogens is 1. The van der Waals surface area contributed by atoms with Crippen LogP contribution in [0.5, 0.6) is 0 Å². The molecule has 3 nitrogen and oxygen atoms in total. The maximum Gasteiger partial charge on any atom is 0.237 e. The molecule has 1 rings (SSSR count). The van der Waals surface area contributed by atoms with Gasteiger partial charge in [-0.15, -0.1) is 11.6 Å². The van der Waals surface area contributed by atoms with Gasteiger partial charge < -0.3 is 5.32 Å². The van der Waals surface area contributed by atoms with Crippen molar-refractivity contribution in [2.45, 2.75) is 18.7 Å². The highest BCUT2D eigenvalue weighted by molar-refractivity contribution is 6.30. The first-order valence-electron chi connectivity index (χ1n) is 4.51. The molecular formula is C10H13ClN2O. The predicted octanol–water partition coefficient (Wildman–Crippen LogP) is 1.37. The highest BCUT2D eigenvalue weighted by Crippen LogP contribution is 1.97. The molecule has 4 heteroatoms. The van der Waals surface area contributed by atoms with Crippen LogP contribution in [-0.4, -0.2) is 22.8 Å². The first-order chi connectivity index (χ1) is 6.70. The van der Waals surface area contributed by atoms with Crippen molar-refractivity contribution < 1.29 is 4.79 Å². The molecule has 1 N–H and O–H groups in total. The zero-order chi connectivity index (χ0) is 10.4. The Morgan fingerprint density at radius 1 is 1.57 bits per heavy atom. The van der Waals surface area contributed by atoms with Crippen LogP contribution in [0.25, 0.3) is 0 Å². The summed E-state index contributed by atoms with van der Waals surface area (Å²) in [6.07, 6.45) is 4.28. The molecule has 14 heavy (non-hydrogen) atoms. The predicted molar refractivity (Wildman–Crippen MR) is 56.3 cm³/mol. The molecule has 1 aromatic rings. The summed E-state index contributed by atoms with van der Waals surface area (Å²) in [6, 6.07) is 3.85. The first-order valence-corrected chi connectivity index (χ1v) is 4.94. The van der Waals surface area contributed by atoms with Gasteiger partial charge in [-0.3, -0.25) is 9.78 Å². The summed E-state index contributed by atoms with van der Waals surface area (Å²) < 4.78 is 0. The van der Waals surface area contributed by atoms with Crippen LogP contribution in [0.4, 0.5) is 0 Å². The molecule has 1 amide bonds. The summed E-state index contributed by atoms with van der Waals surface area (Å²) in [5.74, 6) is -0.124. The van der Waals surface area contributed by atoms with Crippen molar-refractivity contribution >= 4 is 17.5 Å². The second-order valence-electron chi connectivity index (χ2n) is 3.01. The standard InChI is InChI=1S/C10H13ClN2O/c1-8(11)10(14)13-7-4-9-2-5-12-6-3-9/h2-3,5-6,8H,4,7H2,1H3,(H,13,14). The number of carbonyl (C=O) groups excluding carboxylic acids is 1. The average molecular weight is 213 g/mol. The highest BCUT2D eigenvalue weighted by Gasteiger charge is 2.06. The van der Waals surface area contributed by atoms with Crippen LogP contribution >= 0.6 is 11.6 Å². The number of rotatable bonds is 4. The van der Waals surface area contributed by atoms with E-state index in [0.717, 1.165) is 12.0 Å². The third-order valence-corrected chi connectivity index (χ3v) is 2.02. The monoisotopic (exact) mass is 212 g/mol. The zero-order valence-electron chi connectivity index (χ0n) is 8.03. The summed E-state index contributed by atoms with van der Waals surface area (Å²) in [5, 5.41) is 2.27. The first kappa shape index (κ1) is 11.0. The summed E-state index contributed by atoms with van der Waals surface area (Å²) in [7, 11) is 0. The van der Waals surface area contributed by atoms with Gasteiger partial charge in [-0.05, 0) is 31.0 Å². The molecule has 1 unspecified atom stereocenters. The Morgan fingerprint density at radius 3 is 2.79 bits per heavy atom. The van der Waals surface area contributed by atoms with Gasteiger partial charge in [0.05, 0.1) is 0 Å². The van der Waals surface area contributed by atoms with Gasteiger partial charge in [0.15, 0.2) is 0 Å². The number of aromatic nitrogens is 1. The Labute approximate surface area is 88.5 Å². The number of pyridine rings is 1. The van der Waals surface area contributed by atoms with E-state index in [4.69, 9.17) is 11.6 Å². The average Bonchev–Trinajstić information content (AvgIpc) is 2.19. The maximum absolute atomic E-state index is 11.1. The van der Waals surface area contributed by atoms with Crippen molar-refractivity contribution in [3.8, 4) is 0 Å². The van der Waals surface area contributed by atoms with Gasteiger partial charge in [0.1, 0.15) is 5.38 Å². The van der Waals surface area contributed by atoms with Crippen molar-refractivity contribution in [3.05, 3.63) is 30.1 Å². The number of nitrogens with zero attached hydrogens (tertiary/aromatic N) is 1. The normalized spacial score (nSPS) is 12.1. The van der Waals surface area contributed by atoms with Crippen LogP contribution in [0.1, 0.15) is 12.5 Å². The number of alkyl halides is 1. The molecule has 0 aliphatic heterocycles. The van der Waals surface area contributed by atoms with Gasteiger partial charge in [0.2, 0.25) is 5.91 Å². The fourth-order valence-corrected chi connectivity index (χ4v) is 1.10. The number of hydrogen-bond acceptors (Lipinski definition) is 2. The van der Waals surface area contributed by atoms with E-state index >= 15 is 0 Å². The van der Waals surface area contributed by atoms with E-state index in [1.165, 1.54) is 0 Å². The topological polar surface area (TPSA) is 42.0 Å². The number of amides is 1. The molecular weight excluding hydrogens is 200 g/mol. The molecule has 0 aromatic carbocycles. The van der Waals surface area contributed by atoms with E-state index in [1.54, 1.807) is 19.3 Å². The minimum Gasteiger partial charge on any atom is -0.354 e. The van der Waals surface area contributed by atoms with Crippen LogP contribution in [-0.2, 0) is 11.2 Å². The Bertz CT molecular complexity index is 287. The largest absolute Gasteiger partial charge is 0.354 e. The Hall–Kier alpha value is -1.09. The molecule has 1 aromatic heterocycles. The highest BCUT2D eigenvalue weighted by atomic mass is 35.5. The lowest BCUT2D eigenvalue weighted by molar-refractivity contribution is -0.120. The summed E-state index contributed by atoms with van der Waals surface area (Å²) in [5.41, 5.74) is 1.16. The van der Waals surface area contributed by atoms with E-state index < -0.39 is 5.38 Å². The minimum atomic E-state index is -0.465. The van der Waals surface area contributed by atoms with Crippen molar-refractivity contribution in [2.24, 2.45) is 0 Å². The molecule has 0 bridgehead atoms. The van der Waals surface area contributed by atoms with Crippen LogP contribution in [0.3, 0.4) is 0 Å². The van der Waals surface area contributed by atoms with Crippen molar-refractivity contribution in [1.29, 1.82) is 0 Å². The minimum absolute atomic E-state index is 0.124. The Morgan fingerprint density at radius 2 is 2.21 bits per heavy atom. The molecule has 0 fully saturated rings. The second kappa shape index (κ2) is 5.60. The van der Waals surface area contributed by atoms with Crippen molar-refractivity contribution in [3.63, 3.8) is 0 Å². The fraction of sp³-hybridized carbons (Fsp3) is 0.400. The molecule has 1 heterocycles. The molecule has 0 saturated carbocycles. The van der Waals surface area contributed by atoms with Crippen LogP contribution in [0.15, 0.2) is 24.5 Å². The Balaban J connectivity index is 2.26. The summed E-state index contributed by atoms with van der Waals surface area (Å²) in [4.78, 5) is 15.0. The van der Waals surface area contributed by atoms with Gasteiger partial charge >= 0.3 is 0 Å². The number of hydrogen-bond donors (Lipinski definition) is 1. The summed E-state index contributed by atoms with van der Waals surface area (Å²) >= 11 is 5.59. The smallest absolute Gasteiger partial charge is 0.237 e. The maximum atomic E-state index is 11.1. The lowest BCUT2D eigenvalue weighted by atomic mass is 10.2. The SMILES string of the molecule is CC(Cl)C(=O)NCCc1ccncc1. The van der Waals surface area contributed by atoms with E-state index in [9.17, 15) is 4.79 Å². The molecule has 0 saturated heterocycles. The number of nitrogens with one attached hydrogen (secondary N) is 1. The lowest BCUT2D eigenvalue weighted by Crippen LogP contribution is -2.31. The van der Waals surface area contributed by atoms with Gasteiger partial charge in [0, 0.05) is 18.9 Å². The van der Waals surface area contributed by atoms with Gasteiger partial charge in [-0.25, -0.2) is 0 Å². The lowest BCUT2D eigenvalue weighted by Gasteiger charge is -2.05. The fourth-order valence-electron chi connectivity index (χ4n) is 1.02. The van der Waals surface area contributed by atoms with E-state index in [1.807, 2.05) is 12.1 Å². The molecule has 0 radical (unpaired) electrons. The van der Waals surface area contributed by atoms with Crippen molar-refractivity contribution in [1.82, 2.24) is 10.3 Å². The van der Waals surface area contributed by atoms with Crippen LogP contribution in [0.2, 0.25) is 0 Å². The second-order valence-corrected chi connectivity index (χ2v) is 3.67. The molecule has 76 valence electrons. The molecule has 0 spiro atoms. The van der Waals surface area contributed by atoms with Gasteiger partial charge in [-0.2, -0.15) is 0 Å². The van der Waals surface area contributed by atoms with Gasteiger partial charge in [-0.1, -0.05) is 0 Å². The van der Waals surface area contributed by atoms with E-state index in [-0.39, 0.29) is 5.91 Å². The van der Waals surface area contributed by atoms with Crippen LogP contribution in [0, 0.1) is 0 Å². The zero-order valence-corrected chi connectivity index (χ0v) is 8.79. The van der Waals surface area contributed by atoms with Crippen LogP contribution < -0.4 is 5.32 Å². The number of carbonyl (C=O) groups is 1.